The number of imide groups is 1. The molecule has 1 unspecified atom stereocenters. The Kier molecular flexibility index (Phi) is 6.46. The third-order valence-electron chi connectivity index (χ3n) is 4.23. The van der Waals surface area contributed by atoms with Gasteiger partial charge in [0.2, 0.25) is 23.6 Å². The zero-order valence-electron chi connectivity index (χ0n) is 14.9. The minimum atomic E-state index is -0.651. The van der Waals surface area contributed by atoms with E-state index in [2.05, 4.69) is 16.0 Å². The average molecular weight is 360 g/mol. The fourth-order valence-electron chi connectivity index (χ4n) is 2.57. The molecule has 0 bridgehead atoms. The molecule has 0 aromatic heterocycles. The normalized spacial score (nSPS) is 17.8. The lowest BCUT2D eigenvalue weighted by atomic mass is 9.98. The number of carbonyl (C=O) groups excluding carboxylic acids is 4. The minimum absolute atomic E-state index is 0.0113. The van der Waals surface area contributed by atoms with Crippen LogP contribution in [0.15, 0.2) is 24.3 Å². The van der Waals surface area contributed by atoms with E-state index in [-0.39, 0.29) is 48.4 Å². The third-order valence-corrected chi connectivity index (χ3v) is 4.23. The smallest absolute Gasteiger partial charge is 0.243 e. The molecular weight excluding hydrogens is 336 g/mol. The highest BCUT2D eigenvalue weighted by Crippen LogP contribution is 2.18. The summed E-state index contributed by atoms with van der Waals surface area (Å²) >= 11 is 0. The van der Waals surface area contributed by atoms with Gasteiger partial charge in [-0.3, -0.25) is 24.5 Å². The molecule has 1 saturated heterocycles. The number of benzene rings is 1. The summed E-state index contributed by atoms with van der Waals surface area (Å²) in [5, 5.41) is 7.46. The molecule has 5 N–H and O–H groups in total. The molecule has 0 aliphatic carbocycles. The Morgan fingerprint density at radius 2 is 1.88 bits per heavy atom. The first-order valence-electron chi connectivity index (χ1n) is 8.52. The van der Waals surface area contributed by atoms with E-state index in [1.165, 1.54) is 0 Å². The average Bonchev–Trinajstić information content (AvgIpc) is 2.90. The molecular formula is C18H24N4O4. The summed E-state index contributed by atoms with van der Waals surface area (Å²) in [6, 6.07) is 6.35. The summed E-state index contributed by atoms with van der Waals surface area (Å²) in [5.74, 6) is -1.57. The first kappa shape index (κ1) is 19.6. The van der Waals surface area contributed by atoms with E-state index in [1.54, 1.807) is 24.3 Å². The van der Waals surface area contributed by atoms with Crippen LogP contribution >= 0.6 is 0 Å². The van der Waals surface area contributed by atoms with Crippen LogP contribution in [0.25, 0.3) is 0 Å². The van der Waals surface area contributed by atoms with Crippen LogP contribution in [0.4, 0.5) is 5.69 Å². The van der Waals surface area contributed by atoms with Crippen molar-refractivity contribution in [1.29, 1.82) is 0 Å². The van der Waals surface area contributed by atoms with E-state index in [0.717, 1.165) is 5.56 Å². The van der Waals surface area contributed by atoms with Gasteiger partial charge in [0.05, 0.1) is 18.5 Å². The Morgan fingerprint density at radius 1 is 1.23 bits per heavy atom. The van der Waals surface area contributed by atoms with Gasteiger partial charge in [-0.2, -0.15) is 0 Å². The van der Waals surface area contributed by atoms with Gasteiger partial charge in [-0.15, -0.1) is 0 Å². The SMILES string of the molecule is CC(C)[C@H](N)C(=O)NCC(=O)Nc1ccc(CC2CC(=O)NC2=O)cc1. The number of carbonyl (C=O) groups is 4. The fraction of sp³-hybridized carbons (Fsp3) is 0.444. The summed E-state index contributed by atoms with van der Waals surface area (Å²) in [6.07, 6.45) is 0.671. The van der Waals surface area contributed by atoms with Crippen LogP contribution in [0.2, 0.25) is 0 Å². The summed E-state index contributed by atoms with van der Waals surface area (Å²) in [6.45, 7) is 3.50. The van der Waals surface area contributed by atoms with Crippen molar-refractivity contribution in [2.75, 3.05) is 11.9 Å². The van der Waals surface area contributed by atoms with Gasteiger partial charge < -0.3 is 16.4 Å². The topological polar surface area (TPSA) is 130 Å². The molecule has 0 spiro atoms. The van der Waals surface area contributed by atoms with E-state index < -0.39 is 6.04 Å². The lowest BCUT2D eigenvalue weighted by molar-refractivity contribution is -0.126. The van der Waals surface area contributed by atoms with E-state index >= 15 is 0 Å². The van der Waals surface area contributed by atoms with Gasteiger partial charge in [0.15, 0.2) is 0 Å². The monoisotopic (exact) mass is 360 g/mol. The van der Waals surface area contributed by atoms with Crippen molar-refractivity contribution < 1.29 is 19.2 Å². The zero-order chi connectivity index (χ0) is 19.3. The Morgan fingerprint density at radius 3 is 2.42 bits per heavy atom. The highest BCUT2D eigenvalue weighted by Gasteiger charge is 2.30. The molecule has 1 heterocycles. The highest BCUT2D eigenvalue weighted by molar-refractivity contribution is 6.03. The number of nitrogens with one attached hydrogen (secondary N) is 3. The van der Waals surface area contributed by atoms with Crippen LogP contribution in [0.1, 0.15) is 25.8 Å². The molecule has 1 aliphatic heterocycles. The molecule has 2 atom stereocenters. The molecule has 140 valence electrons. The highest BCUT2D eigenvalue weighted by atomic mass is 16.2. The second-order valence-electron chi connectivity index (χ2n) is 6.75. The molecule has 2 rings (SSSR count). The van der Waals surface area contributed by atoms with Gasteiger partial charge in [0.25, 0.3) is 0 Å². The van der Waals surface area contributed by atoms with E-state index in [9.17, 15) is 19.2 Å². The van der Waals surface area contributed by atoms with Crippen molar-refractivity contribution in [1.82, 2.24) is 10.6 Å². The second kappa shape index (κ2) is 8.57. The first-order valence-corrected chi connectivity index (χ1v) is 8.52. The molecule has 1 fully saturated rings. The Balaban J connectivity index is 1.81. The maximum Gasteiger partial charge on any atom is 0.243 e. The molecule has 8 nitrogen and oxygen atoms in total. The van der Waals surface area contributed by atoms with E-state index in [0.29, 0.717) is 12.1 Å². The summed E-state index contributed by atoms with van der Waals surface area (Å²) in [4.78, 5) is 46.4. The molecule has 1 aromatic carbocycles. The summed E-state index contributed by atoms with van der Waals surface area (Å²) < 4.78 is 0. The van der Waals surface area contributed by atoms with Crippen molar-refractivity contribution in [2.45, 2.75) is 32.7 Å². The van der Waals surface area contributed by atoms with E-state index in [4.69, 9.17) is 5.73 Å². The van der Waals surface area contributed by atoms with Gasteiger partial charge in [-0.1, -0.05) is 26.0 Å². The van der Waals surface area contributed by atoms with Gasteiger partial charge in [0, 0.05) is 12.1 Å². The number of anilines is 1. The number of rotatable bonds is 7. The Bertz CT molecular complexity index is 700. The molecule has 1 aliphatic rings. The van der Waals surface area contributed by atoms with Crippen molar-refractivity contribution in [3.8, 4) is 0 Å². The van der Waals surface area contributed by atoms with Crippen molar-refractivity contribution in [2.24, 2.45) is 17.6 Å². The molecule has 0 saturated carbocycles. The Hall–Kier alpha value is -2.74. The van der Waals surface area contributed by atoms with Crippen LogP contribution in [-0.2, 0) is 25.6 Å². The lowest BCUT2D eigenvalue weighted by Gasteiger charge is -2.15. The number of nitrogens with two attached hydrogens (primary N) is 1. The molecule has 26 heavy (non-hydrogen) atoms. The number of amides is 4. The second-order valence-corrected chi connectivity index (χ2v) is 6.75. The van der Waals surface area contributed by atoms with Crippen LogP contribution < -0.4 is 21.7 Å². The van der Waals surface area contributed by atoms with Crippen LogP contribution in [0, 0.1) is 11.8 Å². The Labute approximate surface area is 151 Å². The maximum absolute atomic E-state index is 11.9. The van der Waals surface area contributed by atoms with Gasteiger partial charge in [-0.25, -0.2) is 0 Å². The first-order chi connectivity index (χ1) is 12.3. The van der Waals surface area contributed by atoms with Gasteiger partial charge in [0.1, 0.15) is 0 Å². The lowest BCUT2D eigenvalue weighted by Crippen LogP contribution is -2.46. The fourth-order valence-corrected chi connectivity index (χ4v) is 2.57. The molecule has 1 aromatic rings. The maximum atomic E-state index is 11.9. The van der Waals surface area contributed by atoms with Crippen LogP contribution in [0.3, 0.4) is 0 Å². The number of hydrogen-bond acceptors (Lipinski definition) is 5. The van der Waals surface area contributed by atoms with Crippen LogP contribution in [0.5, 0.6) is 0 Å². The summed E-state index contributed by atoms with van der Waals surface area (Å²) in [7, 11) is 0. The predicted molar refractivity (Wildman–Crippen MR) is 95.9 cm³/mol. The zero-order valence-corrected chi connectivity index (χ0v) is 14.9. The van der Waals surface area contributed by atoms with E-state index in [1.807, 2.05) is 13.8 Å². The summed E-state index contributed by atoms with van der Waals surface area (Å²) in [5.41, 5.74) is 7.18. The van der Waals surface area contributed by atoms with Crippen molar-refractivity contribution in [3.63, 3.8) is 0 Å². The molecule has 8 heteroatoms. The predicted octanol–water partition coefficient (Wildman–Crippen LogP) is -0.0702. The minimum Gasteiger partial charge on any atom is -0.346 e. The standard InChI is InChI=1S/C18H24N4O4/c1-10(2)16(19)18(26)20-9-15(24)21-13-5-3-11(4-6-13)7-12-8-14(23)22-17(12)25/h3-6,10,12,16H,7-9,19H2,1-2H3,(H,20,26)(H,21,24)(H,22,23,25)/t12?,16-/m0/s1. The number of hydrogen-bond donors (Lipinski definition) is 4. The van der Waals surface area contributed by atoms with Crippen LogP contribution in [-0.4, -0.2) is 36.2 Å². The van der Waals surface area contributed by atoms with Gasteiger partial charge in [-0.05, 0) is 30.0 Å². The molecule has 4 amide bonds. The quantitative estimate of drug-likeness (QED) is 0.506. The largest absolute Gasteiger partial charge is 0.346 e. The van der Waals surface area contributed by atoms with Crippen molar-refractivity contribution in [3.05, 3.63) is 29.8 Å². The van der Waals surface area contributed by atoms with Crippen molar-refractivity contribution >= 4 is 29.3 Å². The molecule has 0 radical (unpaired) electrons. The van der Waals surface area contributed by atoms with Gasteiger partial charge >= 0.3 is 0 Å². The third kappa shape index (κ3) is 5.38.